The van der Waals surface area contributed by atoms with E-state index in [4.69, 9.17) is 14.4 Å². The molecular formula is C50H30N4O. The van der Waals surface area contributed by atoms with Crippen LogP contribution in [0.5, 0.6) is 0 Å². The van der Waals surface area contributed by atoms with E-state index in [-0.39, 0.29) is 0 Å². The second-order valence-corrected chi connectivity index (χ2v) is 14.2. The monoisotopic (exact) mass is 702 g/mol. The van der Waals surface area contributed by atoms with E-state index in [0.29, 0.717) is 0 Å². The largest absolute Gasteiger partial charge is 0.454 e. The minimum atomic E-state index is 0.854. The minimum Gasteiger partial charge on any atom is -0.454 e. The van der Waals surface area contributed by atoms with Gasteiger partial charge in [0, 0.05) is 54.8 Å². The minimum absolute atomic E-state index is 0.854. The summed E-state index contributed by atoms with van der Waals surface area (Å²) in [7, 11) is 0. The Labute approximate surface area is 315 Å². The van der Waals surface area contributed by atoms with E-state index in [1.54, 1.807) is 0 Å². The molecule has 0 saturated heterocycles. The molecule has 0 aliphatic rings. The standard InChI is InChI=1S/C50H30N4O/c1-3-13-31(14-4-1)47-48(52-42-20-10-9-19-41(42)51-47)32-23-25-34(26-24-32)54-45-30-44-39(35-17-7-11-21-43(35)53(44)33-15-5-2-6-16-33)29-40(45)37-27-28-38-36-18-8-12-22-46(36)55-50(38)49(37)54/h1-30H. The maximum Gasteiger partial charge on any atom is 0.160 e. The van der Waals surface area contributed by atoms with Crippen molar-refractivity contribution in [2.45, 2.75) is 0 Å². The van der Waals surface area contributed by atoms with E-state index in [2.05, 4.69) is 143 Å². The maximum atomic E-state index is 6.75. The van der Waals surface area contributed by atoms with Crippen LogP contribution in [0.15, 0.2) is 186 Å². The van der Waals surface area contributed by atoms with E-state index < -0.39 is 0 Å². The van der Waals surface area contributed by atoms with Crippen LogP contribution in [-0.4, -0.2) is 19.1 Å². The molecule has 5 heteroatoms. The molecule has 0 radical (unpaired) electrons. The molecule has 0 bridgehead atoms. The van der Waals surface area contributed by atoms with Gasteiger partial charge in [0.05, 0.1) is 44.5 Å². The number of hydrogen-bond donors (Lipinski definition) is 0. The summed E-state index contributed by atoms with van der Waals surface area (Å²) in [5.41, 5.74) is 13.9. The van der Waals surface area contributed by atoms with E-state index in [0.717, 1.165) is 88.8 Å². The second kappa shape index (κ2) is 11.5. The Morgan fingerprint density at radius 3 is 1.69 bits per heavy atom. The lowest BCUT2D eigenvalue weighted by Crippen LogP contribution is -1.98. The summed E-state index contributed by atoms with van der Waals surface area (Å²) in [4.78, 5) is 10.3. The smallest absolute Gasteiger partial charge is 0.160 e. The third-order valence-corrected chi connectivity index (χ3v) is 11.1. The number of nitrogens with zero attached hydrogens (tertiary/aromatic N) is 4. The SMILES string of the molecule is c1ccc(-c2nc3ccccc3nc2-c2ccc(-n3c4cc5c(cc4c4ccc6c7ccccc7oc6c43)c3ccccc3n5-c3ccccc3)cc2)cc1. The van der Waals surface area contributed by atoms with E-state index >= 15 is 0 Å². The topological polar surface area (TPSA) is 48.8 Å². The summed E-state index contributed by atoms with van der Waals surface area (Å²) in [5, 5.41) is 6.99. The fraction of sp³-hybridized carbons (Fsp3) is 0. The van der Waals surface area contributed by atoms with Gasteiger partial charge in [-0.2, -0.15) is 0 Å². The molecule has 4 heterocycles. The fourth-order valence-corrected chi connectivity index (χ4v) is 8.63. The summed E-state index contributed by atoms with van der Waals surface area (Å²) in [6.45, 7) is 0. The zero-order valence-electron chi connectivity index (χ0n) is 29.5. The zero-order chi connectivity index (χ0) is 36.0. The summed E-state index contributed by atoms with van der Waals surface area (Å²) in [5.74, 6) is 0. The lowest BCUT2D eigenvalue weighted by Gasteiger charge is -2.13. The normalized spacial score (nSPS) is 12.0. The Morgan fingerprint density at radius 2 is 0.927 bits per heavy atom. The molecule has 0 unspecified atom stereocenters. The first-order chi connectivity index (χ1) is 27.3. The summed E-state index contributed by atoms with van der Waals surface area (Å²) in [6, 6.07) is 64.1. The second-order valence-electron chi connectivity index (χ2n) is 14.2. The third-order valence-electron chi connectivity index (χ3n) is 11.1. The number of aromatic nitrogens is 4. The van der Waals surface area contributed by atoms with Crippen molar-refractivity contribution < 1.29 is 4.42 Å². The van der Waals surface area contributed by atoms with Crippen LogP contribution in [0.25, 0.3) is 110 Å². The first-order valence-electron chi connectivity index (χ1n) is 18.6. The molecule has 4 aromatic heterocycles. The van der Waals surface area contributed by atoms with Crippen molar-refractivity contribution >= 4 is 76.6 Å². The summed E-state index contributed by atoms with van der Waals surface area (Å²) in [6.07, 6.45) is 0. The molecule has 55 heavy (non-hydrogen) atoms. The Hall–Kier alpha value is -7.50. The molecule has 12 rings (SSSR count). The number of rotatable bonds is 4. The highest BCUT2D eigenvalue weighted by Crippen LogP contribution is 2.44. The molecule has 0 atom stereocenters. The van der Waals surface area contributed by atoms with E-state index in [1.807, 2.05) is 48.5 Å². The van der Waals surface area contributed by atoms with Crippen molar-refractivity contribution in [1.29, 1.82) is 0 Å². The average molecular weight is 703 g/mol. The van der Waals surface area contributed by atoms with Gasteiger partial charge >= 0.3 is 0 Å². The molecule has 0 aliphatic heterocycles. The fourth-order valence-electron chi connectivity index (χ4n) is 8.63. The molecular weight excluding hydrogens is 673 g/mol. The first kappa shape index (κ1) is 30.0. The van der Waals surface area contributed by atoms with Gasteiger partial charge in [-0.15, -0.1) is 0 Å². The van der Waals surface area contributed by atoms with Crippen molar-refractivity contribution in [3.8, 4) is 33.9 Å². The Bertz CT molecular complexity index is 3470. The van der Waals surface area contributed by atoms with Gasteiger partial charge in [-0.25, -0.2) is 9.97 Å². The maximum absolute atomic E-state index is 6.75. The molecule has 0 saturated carbocycles. The Kier molecular flexibility index (Phi) is 6.27. The van der Waals surface area contributed by atoms with Crippen molar-refractivity contribution in [2.24, 2.45) is 0 Å². The van der Waals surface area contributed by atoms with Crippen LogP contribution in [0.3, 0.4) is 0 Å². The number of furan rings is 1. The summed E-state index contributed by atoms with van der Waals surface area (Å²) < 4.78 is 11.5. The van der Waals surface area contributed by atoms with Gasteiger partial charge in [0.1, 0.15) is 5.58 Å². The third kappa shape index (κ3) is 4.41. The number of hydrogen-bond acceptors (Lipinski definition) is 3. The highest BCUT2D eigenvalue weighted by Gasteiger charge is 2.22. The average Bonchev–Trinajstić information content (AvgIpc) is 3.90. The zero-order valence-corrected chi connectivity index (χ0v) is 29.5. The van der Waals surface area contributed by atoms with Crippen LogP contribution >= 0.6 is 0 Å². The van der Waals surface area contributed by atoms with Crippen molar-refractivity contribution in [1.82, 2.24) is 19.1 Å². The predicted molar refractivity (Wildman–Crippen MR) is 226 cm³/mol. The van der Waals surface area contributed by atoms with Crippen molar-refractivity contribution in [3.05, 3.63) is 182 Å². The molecule has 0 amide bonds. The molecule has 8 aromatic carbocycles. The van der Waals surface area contributed by atoms with Gasteiger partial charge in [0.15, 0.2) is 5.58 Å². The van der Waals surface area contributed by atoms with Crippen molar-refractivity contribution in [3.63, 3.8) is 0 Å². The molecule has 0 fully saturated rings. The predicted octanol–water partition coefficient (Wildman–Crippen LogP) is 13.1. The number of benzene rings is 8. The van der Waals surface area contributed by atoms with Crippen LogP contribution in [0.1, 0.15) is 0 Å². The van der Waals surface area contributed by atoms with Gasteiger partial charge < -0.3 is 13.6 Å². The molecule has 12 aromatic rings. The molecule has 0 spiro atoms. The quantitative estimate of drug-likeness (QED) is 0.183. The van der Waals surface area contributed by atoms with Crippen LogP contribution in [0.2, 0.25) is 0 Å². The van der Waals surface area contributed by atoms with Gasteiger partial charge in [-0.05, 0) is 66.7 Å². The molecule has 5 nitrogen and oxygen atoms in total. The lowest BCUT2D eigenvalue weighted by molar-refractivity contribution is 0.671. The lowest BCUT2D eigenvalue weighted by atomic mass is 10.0. The van der Waals surface area contributed by atoms with Crippen LogP contribution in [0, 0.1) is 0 Å². The molecule has 0 N–H and O–H groups in total. The Balaban J connectivity index is 1.16. The van der Waals surface area contributed by atoms with Crippen LogP contribution in [-0.2, 0) is 0 Å². The van der Waals surface area contributed by atoms with E-state index in [1.165, 1.54) is 21.7 Å². The Morgan fingerprint density at radius 1 is 0.364 bits per heavy atom. The molecule has 0 aliphatic carbocycles. The number of para-hydroxylation sites is 5. The summed E-state index contributed by atoms with van der Waals surface area (Å²) >= 11 is 0. The van der Waals surface area contributed by atoms with Gasteiger partial charge in [-0.3, -0.25) is 0 Å². The molecule has 256 valence electrons. The van der Waals surface area contributed by atoms with Crippen molar-refractivity contribution in [2.75, 3.05) is 0 Å². The number of fused-ring (bicyclic) bond motifs is 11. The van der Waals surface area contributed by atoms with Crippen LogP contribution in [0.4, 0.5) is 0 Å². The van der Waals surface area contributed by atoms with Crippen LogP contribution < -0.4 is 0 Å². The van der Waals surface area contributed by atoms with Gasteiger partial charge in [0.25, 0.3) is 0 Å². The highest BCUT2D eigenvalue weighted by atomic mass is 16.3. The van der Waals surface area contributed by atoms with Gasteiger partial charge in [-0.1, -0.05) is 115 Å². The van der Waals surface area contributed by atoms with Gasteiger partial charge in [0.2, 0.25) is 0 Å². The first-order valence-corrected chi connectivity index (χ1v) is 18.6. The van der Waals surface area contributed by atoms with E-state index in [9.17, 15) is 0 Å². The highest BCUT2D eigenvalue weighted by molar-refractivity contribution is 6.24.